The smallest absolute Gasteiger partial charge is 0.229 e. The van der Waals surface area contributed by atoms with Gasteiger partial charge in [0.05, 0.1) is 18.6 Å². The van der Waals surface area contributed by atoms with E-state index in [1.165, 1.54) is 6.07 Å². The molecule has 6 heteroatoms. The maximum Gasteiger partial charge on any atom is 0.229 e. The summed E-state index contributed by atoms with van der Waals surface area (Å²) in [5.41, 5.74) is 0.667. The molecule has 0 radical (unpaired) electrons. The maximum atomic E-state index is 11.2. The van der Waals surface area contributed by atoms with Crippen molar-refractivity contribution < 1.29 is 17.9 Å². The number of hydrogen-bond donors (Lipinski definition) is 1. The van der Waals surface area contributed by atoms with Crippen LogP contribution in [0.2, 0.25) is 0 Å². The van der Waals surface area contributed by atoms with Gasteiger partial charge in [-0.15, -0.1) is 0 Å². The largest absolute Gasteiger partial charge is 0.491 e. The predicted octanol–water partition coefficient (Wildman–Crippen LogP) is 1.91. The van der Waals surface area contributed by atoms with E-state index in [4.69, 9.17) is 4.74 Å². The number of sulfonamides is 1. The number of ether oxygens (including phenoxy) is 1. The molecule has 0 bridgehead atoms. The minimum Gasteiger partial charge on any atom is -0.491 e. The fourth-order valence-corrected chi connectivity index (χ4v) is 1.84. The predicted molar refractivity (Wildman–Crippen MR) is 70.6 cm³/mol. The molecule has 1 aromatic carbocycles. The van der Waals surface area contributed by atoms with Crippen molar-refractivity contribution in [2.45, 2.75) is 13.8 Å². The number of benzene rings is 1. The zero-order valence-corrected chi connectivity index (χ0v) is 11.5. The molecule has 0 saturated carbocycles. The van der Waals surface area contributed by atoms with Crippen molar-refractivity contribution in [3.05, 3.63) is 23.8 Å². The number of anilines is 1. The molecule has 0 saturated heterocycles. The third-order valence-electron chi connectivity index (χ3n) is 2.01. The second kappa shape index (κ2) is 5.86. The third kappa shape index (κ3) is 4.75. The summed E-state index contributed by atoms with van der Waals surface area (Å²) in [6, 6.07) is 4.61. The summed E-state index contributed by atoms with van der Waals surface area (Å²) in [5, 5.41) is 0. The van der Waals surface area contributed by atoms with Crippen LogP contribution in [0.4, 0.5) is 5.69 Å². The molecule has 18 heavy (non-hydrogen) atoms. The standard InChI is InChI=1S/C12H17NO4S/c1-9(2)8-17-12-5-4-10(7-14)6-11(12)13-18(3,15)16/h4-7,9,13H,8H2,1-3H3. The van der Waals surface area contributed by atoms with Crippen LogP contribution >= 0.6 is 0 Å². The van der Waals surface area contributed by atoms with Gasteiger partial charge in [-0.05, 0) is 24.1 Å². The monoisotopic (exact) mass is 271 g/mol. The molecule has 1 N–H and O–H groups in total. The number of carbonyl (C=O) groups excluding carboxylic acids is 1. The molecule has 1 rings (SSSR count). The first-order valence-corrected chi connectivity index (χ1v) is 7.41. The molecular weight excluding hydrogens is 254 g/mol. The van der Waals surface area contributed by atoms with Crippen molar-refractivity contribution in [1.82, 2.24) is 0 Å². The van der Waals surface area contributed by atoms with Gasteiger partial charge >= 0.3 is 0 Å². The topological polar surface area (TPSA) is 72.5 Å². The minimum atomic E-state index is -3.41. The number of carbonyl (C=O) groups is 1. The second-order valence-electron chi connectivity index (χ2n) is 4.45. The van der Waals surface area contributed by atoms with Gasteiger partial charge in [-0.2, -0.15) is 0 Å². The first-order valence-electron chi connectivity index (χ1n) is 5.51. The Hall–Kier alpha value is -1.56. The van der Waals surface area contributed by atoms with Crippen LogP contribution in [0.1, 0.15) is 24.2 Å². The average molecular weight is 271 g/mol. The van der Waals surface area contributed by atoms with Crippen molar-refractivity contribution in [2.75, 3.05) is 17.6 Å². The minimum absolute atomic E-state index is 0.280. The van der Waals surface area contributed by atoms with Crippen LogP contribution in [0.5, 0.6) is 5.75 Å². The highest BCUT2D eigenvalue weighted by molar-refractivity contribution is 7.92. The van der Waals surface area contributed by atoms with Gasteiger partial charge in [-0.1, -0.05) is 13.8 Å². The molecule has 0 aliphatic rings. The Labute approximate surface area is 107 Å². The van der Waals surface area contributed by atoms with Gasteiger partial charge < -0.3 is 4.74 Å². The molecule has 0 spiro atoms. The highest BCUT2D eigenvalue weighted by Crippen LogP contribution is 2.26. The highest BCUT2D eigenvalue weighted by Gasteiger charge is 2.10. The Morgan fingerprint density at radius 3 is 2.56 bits per heavy atom. The normalized spacial score (nSPS) is 11.3. The lowest BCUT2D eigenvalue weighted by Gasteiger charge is -2.14. The molecule has 0 unspecified atom stereocenters. The molecule has 5 nitrogen and oxygen atoms in total. The summed E-state index contributed by atoms with van der Waals surface area (Å²) in [5.74, 6) is 0.738. The van der Waals surface area contributed by atoms with E-state index in [0.29, 0.717) is 30.1 Å². The van der Waals surface area contributed by atoms with Gasteiger partial charge in [-0.3, -0.25) is 9.52 Å². The van der Waals surface area contributed by atoms with E-state index in [1.807, 2.05) is 13.8 Å². The SMILES string of the molecule is CC(C)COc1ccc(C=O)cc1NS(C)(=O)=O. The van der Waals surface area contributed by atoms with Gasteiger partial charge in [0, 0.05) is 5.56 Å². The Bertz CT molecular complexity index is 523. The summed E-state index contributed by atoms with van der Waals surface area (Å²) in [7, 11) is -3.41. The van der Waals surface area contributed by atoms with Crippen molar-refractivity contribution in [1.29, 1.82) is 0 Å². The lowest BCUT2D eigenvalue weighted by atomic mass is 10.2. The number of hydrogen-bond acceptors (Lipinski definition) is 4. The molecule has 0 aromatic heterocycles. The first-order chi connectivity index (χ1) is 8.31. The Balaban J connectivity index is 3.04. The zero-order chi connectivity index (χ0) is 13.8. The molecule has 0 atom stereocenters. The summed E-state index contributed by atoms with van der Waals surface area (Å²) < 4.78 is 30.3. The van der Waals surface area contributed by atoms with E-state index in [2.05, 4.69) is 4.72 Å². The molecule has 0 aliphatic heterocycles. The molecule has 100 valence electrons. The van der Waals surface area contributed by atoms with Gasteiger partial charge in [-0.25, -0.2) is 8.42 Å². The number of rotatable bonds is 6. The summed E-state index contributed by atoms with van der Waals surface area (Å²) in [4.78, 5) is 10.7. The third-order valence-corrected chi connectivity index (χ3v) is 2.60. The van der Waals surface area contributed by atoms with Crippen molar-refractivity contribution in [3.8, 4) is 5.75 Å². The van der Waals surface area contributed by atoms with E-state index >= 15 is 0 Å². The van der Waals surface area contributed by atoms with Gasteiger partial charge in [0.15, 0.2) is 0 Å². The number of aldehydes is 1. The van der Waals surface area contributed by atoms with Crippen molar-refractivity contribution in [2.24, 2.45) is 5.92 Å². The van der Waals surface area contributed by atoms with E-state index < -0.39 is 10.0 Å². The first kappa shape index (κ1) is 14.5. The van der Waals surface area contributed by atoms with Gasteiger partial charge in [0.1, 0.15) is 12.0 Å². The van der Waals surface area contributed by atoms with Crippen LogP contribution < -0.4 is 9.46 Å². The quantitative estimate of drug-likeness (QED) is 0.802. The van der Waals surface area contributed by atoms with Crippen LogP contribution in [-0.2, 0) is 10.0 Å². The van der Waals surface area contributed by atoms with E-state index in [9.17, 15) is 13.2 Å². The maximum absolute atomic E-state index is 11.2. The van der Waals surface area contributed by atoms with Gasteiger partial charge in [0.25, 0.3) is 0 Å². The van der Waals surface area contributed by atoms with Crippen LogP contribution in [-0.4, -0.2) is 27.6 Å². The molecule has 1 aromatic rings. The second-order valence-corrected chi connectivity index (χ2v) is 6.20. The molecule has 0 heterocycles. The van der Waals surface area contributed by atoms with E-state index in [0.717, 1.165) is 6.26 Å². The summed E-state index contributed by atoms with van der Waals surface area (Å²) in [6.07, 6.45) is 1.70. The fourth-order valence-electron chi connectivity index (χ4n) is 1.28. The lowest BCUT2D eigenvalue weighted by molar-refractivity contribution is 0.112. The van der Waals surface area contributed by atoms with Crippen molar-refractivity contribution in [3.63, 3.8) is 0 Å². The molecular formula is C12H17NO4S. The van der Waals surface area contributed by atoms with E-state index in [1.54, 1.807) is 12.1 Å². The fraction of sp³-hybridized carbons (Fsp3) is 0.417. The molecule has 0 amide bonds. The highest BCUT2D eigenvalue weighted by atomic mass is 32.2. The Morgan fingerprint density at radius 2 is 2.06 bits per heavy atom. The Kier molecular flexibility index (Phi) is 4.72. The Morgan fingerprint density at radius 1 is 1.39 bits per heavy atom. The molecule has 0 fully saturated rings. The van der Waals surface area contributed by atoms with Crippen LogP contribution in [0.15, 0.2) is 18.2 Å². The van der Waals surface area contributed by atoms with E-state index in [-0.39, 0.29) is 5.69 Å². The summed E-state index contributed by atoms with van der Waals surface area (Å²) in [6.45, 7) is 4.45. The van der Waals surface area contributed by atoms with Crippen LogP contribution in [0.3, 0.4) is 0 Å². The summed E-state index contributed by atoms with van der Waals surface area (Å²) >= 11 is 0. The van der Waals surface area contributed by atoms with Gasteiger partial charge in [0.2, 0.25) is 10.0 Å². The average Bonchev–Trinajstić information content (AvgIpc) is 2.25. The lowest BCUT2D eigenvalue weighted by Crippen LogP contribution is -2.12. The molecule has 0 aliphatic carbocycles. The van der Waals surface area contributed by atoms with Crippen LogP contribution in [0, 0.1) is 5.92 Å². The van der Waals surface area contributed by atoms with Crippen LogP contribution in [0.25, 0.3) is 0 Å². The van der Waals surface area contributed by atoms with Crippen molar-refractivity contribution >= 4 is 22.0 Å². The zero-order valence-electron chi connectivity index (χ0n) is 10.6. The number of nitrogens with one attached hydrogen (secondary N) is 1.